The van der Waals surface area contributed by atoms with Crippen molar-refractivity contribution in [2.24, 2.45) is 5.41 Å². The molecule has 0 aliphatic heterocycles. The second-order valence-corrected chi connectivity index (χ2v) is 5.85. The fourth-order valence-electron chi connectivity index (χ4n) is 2.16. The smallest absolute Gasteiger partial charge is 0.324 e. The summed E-state index contributed by atoms with van der Waals surface area (Å²) >= 11 is 0. The fraction of sp³-hybridized carbons (Fsp3) is 0.786. The van der Waals surface area contributed by atoms with Crippen molar-refractivity contribution < 1.29 is 19.5 Å². The van der Waals surface area contributed by atoms with Crippen molar-refractivity contribution in [3.63, 3.8) is 0 Å². The Morgan fingerprint density at radius 1 is 1.15 bits per heavy atom. The number of aliphatic carboxylic acids is 1. The lowest BCUT2D eigenvalue weighted by Crippen LogP contribution is -2.46. The van der Waals surface area contributed by atoms with Crippen LogP contribution in [0.15, 0.2) is 0 Å². The molecule has 20 heavy (non-hydrogen) atoms. The summed E-state index contributed by atoms with van der Waals surface area (Å²) in [6, 6.07) is -0.343. The molecule has 0 saturated carbocycles. The lowest BCUT2D eigenvalue weighted by molar-refractivity contribution is -0.139. The molecule has 0 radical (unpaired) electrons. The van der Waals surface area contributed by atoms with Crippen LogP contribution < -0.4 is 5.32 Å². The topological polar surface area (TPSA) is 86.7 Å². The highest BCUT2D eigenvalue weighted by Crippen LogP contribution is 2.24. The quantitative estimate of drug-likeness (QED) is 0.751. The molecule has 0 bridgehead atoms. The first-order valence-electron chi connectivity index (χ1n) is 6.91. The lowest BCUT2D eigenvalue weighted by atomic mass is 9.85. The van der Waals surface area contributed by atoms with Gasteiger partial charge in [0, 0.05) is 19.5 Å². The molecule has 6 nitrogen and oxygen atoms in total. The number of hydrogen-bond acceptors (Lipinski definition) is 3. The second kappa shape index (κ2) is 7.87. The third kappa shape index (κ3) is 6.54. The molecule has 0 saturated heterocycles. The van der Waals surface area contributed by atoms with Gasteiger partial charge in [-0.05, 0) is 18.3 Å². The number of hydrogen-bond donors (Lipinski definition) is 2. The van der Waals surface area contributed by atoms with Gasteiger partial charge in [-0.25, -0.2) is 4.79 Å². The molecule has 0 rings (SSSR count). The van der Waals surface area contributed by atoms with E-state index in [9.17, 15) is 14.4 Å². The van der Waals surface area contributed by atoms with Gasteiger partial charge in [0.15, 0.2) is 0 Å². The van der Waals surface area contributed by atoms with Gasteiger partial charge in [-0.1, -0.05) is 27.7 Å². The number of nitrogens with one attached hydrogen (secondary N) is 1. The molecule has 0 spiro atoms. The van der Waals surface area contributed by atoms with Crippen LogP contribution in [0.5, 0.6) is 0 Å². The summed E-state index contributed by atoms with van der Waals surface area (Å²) in [5.41, 5.74) is -0.677. The van der Waals surface area contributed by atoms with E-state index in [1.807, 2.05) is 13.8 Å². The van der Waals surface area contributed by atoms with Crippen LogP contribution in [0.1, 0.15) is 53.4 Å². The van der Waals surface area contributed by atoms with Crippen molar-refractivity contribution in [2.45, 2.75) is 59.4 Å². The summed E-state index contributed by atoms with van der Waals surface area (Å²) in [5, 5.41) is 11.1. The number of rotatable bonds is 7. The molecule has 2 N–H and O–H groups in total. The summed E-state index contributed by atoms with van der Waals surface area (Å²) in [6.45, 7) is 7.34. The Morgan fingerprint density at radius 3 is 2.05 bits per heavy atom. The van der Waals surface area contributed by atoms with E-state index in [0.717, 1.165) is 12.8 Å². The van der Waals surface area contributed by atoms with Gasteiger partial charge in [0.25, 0.3) is 0 Å². The Kier molecular flexibility index (Phi) is 7.24. The van der Waals surface area contributed by atoms with E-state index < -0.39 is 23.3 Å². The molecule has 0 aliphatic carbocycles. The number of urea groups is 1. The molecule has 0 atom stereocenters. The SMILES string of the molecule is CCC(CC)N(C)C(=O)NC(=O)CC(C)(C)CC(=O)O. The molecule has 0 fully saturated rings. The van der Waals surface area contributed by atoms with Crippen molar-refractivity contribution in [3.8, 4) is 0 Å². The highest BCUT2D eigenvalue weighted by Gasteiger charge is 2.27. The summed E-state index contributed by atoms with van der Waals surface area (Å²) < 4.78 is 0. The van der Waals surface area contributed by atoms with Crippen LogP contribution in [0.2, 0.25) is 0 Å². The van der Waals surface area contributed by atoms with Crippen molar-refractivity contribution in [3.05, 3.63) is 0 Å². The van der Waals surface area contributed by atoms with Gasteiger partial charge >= 0.3 is 12.0 Å². The maximum Gasteiger partial charge on any atom is 0.324 e. The first-order valence-corrected chi connectivity index (χ1v) is 6.91. The van der Waals surface area contributed by atoms with Crippen LogP contribution in [0.25, 0.3) is 0 Å². The number of carboxylic acid groups (broad SMARTS) is 1. The number of carboxylic acids is 1. The largest absolute Gasteiger partial charge is 0.481 e. The Labute approximate surface area is 120 Å². The summed E-state index contributed by atoms with van der Waals surface area (Å²) in [7, 11) is 1.66. The molecule has 116 valence electrons. The predicted molar refractivity (Wildman–Crippen MR) is 76.3 cm³/mol. The number of nitrogens with zero attached hydrogens (tertiary/aromatic N) is 1. The van der Waals surface area contributed by atoms with Crippen LogP contribution in [-0.4, -0.2) is 41.0 Å². The van der Waals surface area contributed by atoms with Crippen molar-refractivity contribution in [2.75, 3.05) is 7.05 Å². The molecule has 0 aromatic heterocycles. The zero-order chi connectivity index (χ0) is 15.9. The highest BCUT2D eigenvalue weighted by atomic mass is 16.4. The average Bonchev–Trinajstić information content (AvgIpc) is 2.27. The molecule has 6 heteroatoms. The molecule has 3 amide bonds. The maximum atomic E-state index is 11.9. The van der Waals surface area contributed by atoms with Crippen LogP contribution >= 0.6 is 0 Å². The number of amides is 3. The van der Waals surface area contributed by atoms with E-state index in [4.69, 9.17) is 5.11 Å². The predicted octanol–water partition coefficient (Wildman–Crippen LogP) is 2.23. The maximum absolute atomic E-state index is 11.9. The van der Waals surface area contributed by atoms with Gasteiger partial charge in [-0.3, -0.25) is 14.9 Å². The summed E-state index contributed by atoms with van der Waals surface area (Å²) in [4.78, 5) is 35.9. The van der Waals surface area contributed by atoms with Gasteiger partial charge in [0.05, 0.1) is 6.42 Å². The fourth-order valence-corrected chi connectivity index (χ4v) is 2.16. The second-order valence-electron chi connectivity index (χ2n) is 5.85. The number of carbonyl (C=O) groups excluding carboxylic acids is 2. The zero-order valence-electron chi connectivity index (χ0n) is 13.0. The van der Waals surface area contributed by atoms with Crippen molar-refractivity contribution in [1.82, 2.24) is 10.2 Å². The number of carbonyl (C=O) groups is 3. The van der Waals surface area contributed by atoms with Gasteiger partial charge in [0.2, 0.25) is 5.91 Å². The van der Waals surface area contributed by atoms with E-state index in [0.29, 0.717) is 0 Å². The van der Waals surface area contributed by atoms with Crippen LogP contribution in [0.3, 0.4) is 0 Å². The van der Waals surface area contributed by atoms with Crippen molar-refractivity contribution >= 4 is 17.9 Å². The van der Waals surface area contributed by atoms with E-state index in [1.54, 1.807) is 20.9 Å². The van der Waals surface area contributed by atoms with Gasteiger partial charge in [-0.2, -0.15) is 0 Å². The normalized spacial score (nSPS) is 11.3. The monoisotopic (exact) mass is 286 g/mol. The number of imide groups is 1. The molecular formula is C14H26N2O4. The molecule has 0 unspecified atom stereocenters. The minimum absolute atomic E-state index is 0.00178. The zero-order valence-corrected chi connectivity index (χ0v) is 13.0. The lowest BCUT2D eigenvalue weighted by Gasteiger charge is -2.27. The molecule has 0 heterocycles. The highest BCUT2D eigenvalue weighted by molar-refractivity contribution is 5.94. The van der Waals surface area contributed by atoms with Gasteiger partial charge in [0.1, 0.15) is 0 Å². The Morgan fingerprint density at radius 2 is 1.65 bits per heavy atom. The Hall–Kier alpha value is -1.59. The van der Waals surface area contributed by atoms with E-state index in [1.165, 1.54) is 4.90 Å². The van der Waals surface area contributed by atoms with E-state index in [2.05, 4.69) is 5.32 Å². The average molecular weight is 286 g/mol. The van der Waals surface area contributed by atoms with Gasteiger partial charge < -0.3 is 10.0 Å². The molecular weight excluding hydrogens is 260 g/mol. The van der Waals surface area contributed by atoms with Crippen LogP contribution in [-0.2, 0) is 9.59 Å². The first kappa shape index (κ1) is 18.4. The minimum atomic E-state index is -0.955. The van der Waals surface area contributed by atoms with E-state index in [-0.39, 0.29) is 18.9 Å². The van der Waals surface area contributed by atoms with Crippen molar-refractivity contribution in [1.29, 1.82) is 0 Å². The first-order chi connectivity index (χ1) is 9.12. The standard InChI is InChI=1S/C14H26N2O4/c1-6-10(7-2)16(5)13(20)15-11(17)8-14(3,4)9-12(18)19/h10H,6-9H2,1-5H3,(H,18,19)(H,15,17,20). The summed E-state index contributed by atoms with van der Waals surface area (Å²) in [5.74, 6) is -1.40. The van der Waals surface area contributed by atoms with Gasteiger partial charge in [-0.15, -0.1) is 0 Å². The molecule has 0 aliphatic rings. The molecule has 0 aromatic carbocycles. The van der Waals surface area contributed by atoms with Crippen LogP contribution in [0.4, 0.5) is 4.79 Å². The third-order valence-electron chi connectivity index (χ3n) is 3.33. The minimum Gasteiger partial charge on any atom is -0.481 e. The third-order valence-corrected chi connectivity index (χ3v) is 3.33. The Balaban J connectivity index is 4.46. The Bertz CT molecular complexity index is 362. The molecule has 0 aromatic rings. The van der Waals surface area contributed by atoms with E-state index >= 15 is 0 Å². The van der Waals surface area contributed by atoms with Crippen LogP contribution in [0, 0.1) is 5.41 Å². The summed E-state index contributed by atoms with van der Waals surface area (Å²) in [6.07, 6.45) is 1.52.